The average molecular weight is 509 g/mol. The topological polar surface area (TPSA) is 88.3 Å². The first-order chi connectivity index (χ1) is 17.9. The normalized spacial score (nSPS) is 10.8. The molecule has 1 N–H and O–H groups in total. The lowest BCUT2D eigenvalue weighted by molar-refractivity contribution is 0.0696. The molecule has 8 heteroatoms. The van der Waals surface area contributed by atoms with Gasteiger partial charge in [0.1, 0.15) is 5.69 Å². The molecule has 0 bridgehead atoms. The van der Waals surface area contributed by atoms with Crippen molar-refractivity contribution in [3.8, 4) is 16.9 Å². The van der Waals surface area contributed by atoms with Gasteiger partial charge >= 0.3 is 5.97 Å². The number of aromatic carboxylic acids is 1. The predicted molar refractivity (Wildman–Crippen MR) is 143 cm³/mol. The Labute approximate surface area is 218 Å². The Bertz CT molecular complexity index is 1580. The van der Waals surface area contributed by atoms with Crippen molar-refractivity contribution < 1.29 is 14.7 Å². The first kappa shape index (κ1) is 24.0. The summed E-state index contributed by atoms with van der Waals surface area (Å²) < 4.78 is 1.40. The molecule has 37 heavy (non-hydrogen) atoms. The van der Waals surface area contributed by atoms with Crippen LogP contribution in [0.5, 0.6) is 0 Å². The molecule has 4 aromatic carbocycles. The molecule has 1 aromatic heterocycles. The lowest BCUT2D eigenvalue weighted by atomic mass is 10.00. The second-order valence-corrected chi connectivity index (χ2v) is 8.80. The van der Waals surface area contributed by atoms with Crippen molar-refractivity contribution in [2.75, 3.05) is 11.9 Å². The number of carbonyl (C=O) groups excluding carboxylic acids is 1. The summed E-state index contributed by atoms with van der Waals surface area (Å²) in [7, 11) is 1.92. The molecule has 0 unspecified atom stereocenters. The van der Waals surface area contributed by atoms with Crippen LogP contribution in [-0.4, -0.2) is 38.9 Å². The van der Waals surface area contributed by atoms with Crippen LogP contribution in [0, 0.1) is 0 Å². The summed E-state index contributed by atoms with van der Waals surface area (Å²) in [4.78, 5) is 27.2. The first-order valence-electron chi connectivity index (χ1n) is 11.4. The maximum absolute atomic E-state index is 13.2. The maximum Gasteiger partial charge on any atom is 0.337 e. The van der Waals surface area contributed by atoms with Crippen LogP contribution in [-0.2, 0) is 0 Å². The van der Waals surface area contributed by atoms with Gasteiger partial charge < -0.3 is 10.0 Å². The summed E-state index contributed by atoms with van der Waals surface area (Å²) >= 11 is 5.98. The van der Waals surface area contributed by atoms with Crippen molar-refractivity contribution in [2.24, 2.45) is 0 Å². The van der Waals surface area contributed by atoms with E-state index in [4.69, 9.17) is 11.6 Å². The van der Waals surface area contributed by atoms with E-state index in [1.54, 1.807) is 30.5 Å². The molecule has 7 nitrogen and oxygen atoms in total. The lowest BCUT2D eigenvalue weighted by Crippen LogP contribution is -2.11. The highest BCUT2D eigenvalue weighted by Gasteiger charge is 2.18. The van der Waals surface area contributed by atoms with Crippen LogP contribution < -0.4 is 4.90 Å². The molecule has 0 aliphatic rings. The number of aromatic nitrogens is 3. The average Bonchev–Trinajstić information content (AvgIpc) is 3.43. The third-order valence-electron chi connectivity index (χ3n) is 6.03. The summed E-state index contributed by atoms with van der Waals surface area (Å²) in [6.07, 6.45) is 1.66. The Morgan fingerprint density at radius 2 is 1.46 bits per heavy atom. The fourth-order valence-corrected chi connectivity index (χ4v) is 4.11. The van der Waals surface area contributed by atoms with Gasteiger partial charge in [-0.15, -0.1) is 5.10 Å². The van der Waals surface area contributed by atoms with Crippen molar-refractivity contribution in [1.29, 1.82) is 0 Å². The minimum atomic E-state index is -1.17. The predicted octanol–water partition coefficient (Wildman–Crippen LogP) is 6.28. The number of nitrogens with zero attached hydrogens (tertiary/aromatic N) is 4. The van der Waals surface area contributed by atoms with Gasteiger partial charge in [0.25, 0.3) is 0 Å². The van der Waals surface area contributed by atoms with Crippen molar-refractivity contribution in [3.63, 3.8) is 0 Å². The highest BCUT2D eigenvalue weighted by molar-refractivity contribution is 6.30. The van der Waals surface area contributed by atoms with Gasteiger partial charge in [0.2, 0.25) is 0 Å². The molecule has 0 aliphatic carbocycles. The summed E-state index contributed by atoms with van der Waals surface area (Å²) in [5.74, 6) is -1.44. The SMILES string of the molecule is CN(c1ccc(Cl)cc1)c1ccc(C(=O)c2ccc(-n3cc(-c4ccccc4)nn3)c(C(=O)O)c2)cc1. The number of carboxylic acid groups (broad SMARTS) is 1. The number of hydrogen-bond acceptors (Lipinski definition) is 5. The number of benzene rings is 4. The molecule has 0 radical (unpaired) electrons. The largest absolute Gasteiger partial charge is 0.478 e. The van der Waals surface area contributed by atoms with Gasteiger partial charge in [-0.2, -0.15) is 0 Å². The Morgan fingerprint density at radius 1 is 0.838 bits per heavy atom. The molecule has 0 spiro atoms. The third kappa shape index (κ3) is 4.98. The fraction of sp³-hybridized carbons (Fsp3) is 0.0345. The molecular formula is C29H21ClN4O3. The monoisotopic (exact) mass is 508 g/mol. The second kappa shape index (κ2) is 10.1. The highest BCUT2D eigenvalue weighted by atomic mass is 35.5. The number of anilines is 2. The molecule has 0 amide bonds. The Hall–Kier alpha value is -4.75. The number of hydrogen-bond donors (Lipinski definition) is 1. The molecule has 5 aromatic rings. The molecule has 5 rings (SSSR count). The summed E-state index contributed by atoms with van der Waals surface area (Å²) in [6, 6.07) is 28.6. The van der Waals surface area contributed by atoms with Gasteiger partial charge in [-0.3, -0.25) is 4.79 Å². The highest BCUT2D eigenvalue weighted by Crippen LogP contribution is 2.26. The zero-order valence-electron chi connectivity index (χ0n) is 19.7. The van der Waals surface area contributed by atoms with Crippen molar-refractivity contribution >= 4 is 34.7 Å². The van der Waals surface area contributed by atoms with E-state index in [-0.39, 0.29) is 16.9 Å². The maximum atomic E-state index is 13.2. The molecule has 0 atom stereocenters. The van der Waals surface area contributed by atoms with Crippen LogP contribution in [0.2, 0.25) is 5.02 Å². The number of halogens is 1. The van der Waals surface area contributed by atoms with Crippen molar-refractivity contribution in [3.05, 3.63) is 125 Å². The van der Waals surface area contributed by atoms with Gasteiger partial charge in [0, 0.05) is 40.1 Å². The van der Waals surface area contributed by atoms with Gasteiger partial charge in [-0.05, 0) is 66.7 Å². The van der Waals surface area contributed by atoms with Crippen molar-refractivity contribution in [2.45, 2.75) is 0 Å². The van der Waals surface area contributed by atoms with Crippen molar-refractivity contribution in [1.82, 2.24) is 15.0 Å². The van der Waals surface area contributed by atoms with Crippen LogP contribution >= 0.6 is 11.6 Å². The molecule has 0 aliphatic heterocycles. The quantitative estimate of drug-likeness (QED) is 0.260. The standard InChI is InChI=1S/C29H21ClN4O3/c1-33(24-14-10-22(30)11-15-24)23-12-7-20(8-13-23)28(35)21-9-16-27(25(17-21)29(36)37)34-18-26(31-32-34)19-5-3-2-4-6-19/h2-18H,1H3,(H,36,37). The smallest absolute Gasteiger partial charge is 0.337 e. The fourth-order valence-electron chi connectivity index (χ4n) is 3.99. The number of ketones is 1. The van der Waals surface area contributed by atoms with Crippen LogP contribution in [0.3, 0.4) is 0 Å². The molecule has 0 fully saturated rings. The number of carbonyl (C=O) groups is 2. The number of rotatable bonds is 7. The molecular weight excluding hydrogens is 488 g/mol. The zero-order chi connectivity index (χ0) is 25.9. The van der Waals surface area contributed by atoms with Crippen LogP contribution in [0.1, 0.15) is 26.3 Å². The van der Waals surface area contributed by atoms with Crippen LogP contribution in [0.4, 0.5) is 11.4 Å². The second-order valence-electron chi connectivity index (χ2n) is 8.36. The Morgan fingerprint density at radius 3 is 2.11 bits per heavy atom. The third-order valence-corrected chi connectivity index (χ3v) is 6.28. The molecule has 0 saturated heterocycles. The molecule has 0 saturated carbocycles. The van der Waals surface area contributed by atoms with Crippen LogP contribution in [0.15, 0.2) is 103 Å². The minimum Gasteiger partial charge on any atom is -0.478 e. The van der Waals surface area contributed by atoms with E-state index in [2.05, 4.69) is 10.3 Å². The van der Waals surface area contributed by atoms with Gasteiger partial charge in [-0.1, -0.05) is 47.1 Å². The Balaban J connectivity index is 1.40. The number of carboxylic acids is 1. The van der Waals surface area contributed by atoms with E-state index in [1.807, 2.05) is 78.7 Å². The van der Waals surface area contributed by atoms with Gasteiger partial charge in [0.15, 0.2) is 5.78 Å². The zero-order valence-corrected chi connectivity index (χ0v) is 20.5. The van der Waals surface area contributed by atoms with E-state index in [1.165, 1.54) is 10.7 Å². The van der Waals surface area contributed by atoms with E-state index in [0.29, 0.717) is 22.0 Å². The van der Waals surface area contributed by atoms with Gasteiger partial charge in [0.05, 0.1) is 17.4 Å². The van der Waals surface area contributed by atoms with E-state index < -0.39 is 5.97 Å². The van der Waals surface area contributed by atoms with E-state index in [9.17, 15) is 14.7 Å². The molecule has 1 heterocycles. The van der Waals surface area contributed by atoms with Crippen LogP contribution in [0.25, 0.3) is 16.9 Å². The van der Waals surface area contributed by atoms with Gasteiger partial charge in [-0.25, -0.2) is 9.48 Å². The van der Waals surface area contributed by atoms with E-state index in [0.717, 1.165) is 16.9 Å². The summed E-state index contributed by atoms with van der Waals surface area (Å²) in [5, 5.41) is 18.8. The molecule has 182 valence electrons. The summed E-state index contributed by atoms with van der Waals surface area (Å²) in [5.41, 5.74) is 4.30. The first-order valence-corrected chi connectivity index (χ1v) is 11.8. The minimum absolute atomic E-state index is 0.0468. The summed E-state index contributed by atoms with van der Waals surface area (Å²) in [6.45, 7) is 0. The Kier molecular flexibility index (Phi) is 6.53. The van der Waals surface area contributed by atoms with E-state index >= 15 is 0 Å². The lowest BCUT2D eigenvalue weighted by Gasteiger charge is -2.19.